The Labute approximate surface area is 129 Å². The smallest absolute Gasteiger partial charge is 0.271 e. The van der Waals surface area contributed by atoms with Crippen LogP contribution in [0, 0.1) is 10.1 Å². The van der Waals surface area contributed by atoms with Gasteiger partial charge >= 0.3 is 0 Å². The third kappa shape index (κ3) is 2.82. The third-order valence-corrected chi connectivity index (χ3v) is 3.23. The topological polar surface area (TPSA) is 108 Å². The molecule has 1 aromatic heterocycles. The van der Waals surface area contributed by atoms with E-state index in [1.165, 1.54) is 31.7 Å². The maximum Gasteiger partial charge on any atom is 0.271 e. The van der Waals surface area contributed by atoms with E-state index in [2.05, 4.69) is 10.3 Å². The lowest BCUT2D eigenvalue weighted by Gasteiger charge is -2.10. The molecular formula is C15H11N3O5. The number of benzene rings is 2. The summed E-state index contributed by atoms with van der Waals surface area (Å²) in [6, 6.07) is 8.74. The summed E-state index contributed by atoms with van der Waals surface area (Å²) < 4.78 is 10.2. The molecule has 3 rings (SSSR count). The molecule has 23 heavy (non-hydrogen) atoms. The molecule has 0 saturated carbocycles. The molecule has 0 spiro atoms. The number of nitrogens with zero attached hydrogens (tertiary/aromatic N) is 2. The molecule has 0 aliphatic rings. The number of hydrogen-bond acceptors (Lipinski definition) is 6. The zero-order valence-corrected chi connectivity index (χ0v) is 12.0. The summed E-state index contributed by atoms with van der Waals surface area (Å²) >= 11 is 0. The molecule has 1 heterocycles. The number of amides is 1. The fraction of sp³-hybridized carbons (Fsp3) is 0.0667. The maximum absolute atomic E-state index is 12.3. The second-order valence-corrected chi connectivity index (χ2v) is 4.63. The van der Waals surface area contributed by atoms with Gasteiger partial charge in [0.25, 0.3) is 11.6 Å². The highest BCUT2D eigenvalue weighted by atomic mass is 16.6. The first-order valence-corrected chi connectivity index (χ1v) is 6.55. The number of non-ortho nitro benzene ring substituents is 1. The maximum atomic E-state index is 12.3. The Bertz CT molecular complexity index is 903. The van der Waals surface area contributed by atoms with Crippen LogP contribution >= 0.6 is 0 Å². The number of carbonyl (C=O) groups excluding carboxylic acids is 1. The number of nitro groups is 1. The SMILES string of the molecule is COc1ccc([N+](=O)[O-])cc1NC(=O)c1ccc2ocnc2c1. The number of rotatable bonds is 4. The van der Waals surface area contributed by atoms with Crippen LogP contribution < -0.4 is 10.1 Å². The summed E-state index contributed by atoms with van der Waals surface area (Å²) in [6.45, 7) is 0. The zero-order valence-electron chi connectivity index (χ0n) is 12.0. The van der Waals surface area contributed by atoms with Crippen molar-refractivity contribution in [1.29, 1.82) is 0 Å². The number of hydrogen-bond donors (Lipinski definition) is 1. The summed E-state index contributed by atoms with van der Waals surface area (Å²) in [5.74, 6) is -0.111. The van der Waals surface area contributed by atoms with E-state index in [1.807, 2.05) is 0 Å². The van der Waals surface area contributed by atoms with Gasteiger partial charge < -0.3 is 14.5 Å². The number of nitrogens with one attached hydrogen (secondary N) is 1. The van der Waals surface area contributed by atoms with Gasteiger partial charge in [0.2, 0.25) is 0 Å². The van der Waals surface area contributed by atoms with Gasteiger partial charge in [0.15, 0.2) is 12.0 Å². The summed E-state index contributed by atoms with van der Waals surface area (Å²) in [5, 5.41) is 13.5. The van der Waals surface area contributed by atoms with Gasteiger partial charge in [-0.2, -0.15) is 0 Å². The minimum atomic E-state index is -0.545. The average molecular weight is 313 g/mol. The van der Waals surface area contributed by atoms with Crippen LogP contribution in [0.15, 0.2) is 47.2 Å². The highest BCUT2D eigenvalue weighted by Crippen LogP contribution is 2.29. The zero-order chi connectivity index (χ0) is 16.4. The van der Waals surface area contributed by atoms with Crippen molar-refractivity contribution in [3.8, 4) is 5.75 Å². The molecule has 0 aliphatic heterocycles. The number of oxazole rings is 1. The van der Waals surface area contributed by atoms with Crippen molar-refractivity contribution < 1.29 is 18.9 Å². The second kappa shape index (κ2) is 5.76. The lowest BCUT2D eigenvalue weighted by molar-refractivity contribution is -0.384. The van der Waals surface area contributed by atoms with E-state index in [-0.39, 0.29) is 11.4 Å². The van der Waals surface area contributed by atoms with Crippen LogP contribution in [-0.2, 0) is 0 Å². The van der Waals surface area contributed by atoms with Crippen molar-refractivity contribution in [3.63, 3.8) is 0 Å². The van der Waals surface area contributed by atoms with Crippen LogP contribution in [0.1, 0.15) is 10.4 Å². The van der Waals surface area contributed by atoms with Gasteiger partial charge in [0.1, 0.15) is 11.3 Å². The Kier molecular flexibility index (Phi) is 3.63. The van der Waals surface area contributed by atoms with Crippen molar-refractivity contribution >= 4 is 28.4 Å². The van der Waals surface area contributed by atoms with Crippen molar-refractivity contribution in [2.75, 3.05) is 12.4 Å². The molecule has 1 N–H and O–H groups in total. The first kappa shape index (κ1) is 14.5. The molecule has 8 nitrogen and oxygen atoms in total. The highest BCUT2D eigenvalue weighted by Gasteiger charge is 2.15. The van der Waals surface area contributed by atoms with Crippen molar-refractivity contribution in [2.45, 2.75) is 0 Å². The quantitative estimate of drug-likeness (QED) is 0.586. The van der Waals surface area contributed by atoms with Gasteiger partial charge in [0.05, 0.1) is 17.7 Å². The minimum absolute atomic E-state index is 0.145. The monoisotopic (exact) mass is 313 g/mol. The van der Waals surface area contributed by atoms with E-state index in [0.717, 1.165) is 0 Å². The number of carbonyl (C=O) groups is 1. The van der Waals surface area contributed by atoms with E-state index >= 15 is 0 Å². The summed E-state index contributed by atoms with van der Waals surface area (Å²) in [6.07, 6.45) is 1.29. The van der Waals surface area contributed by atoms with Gasteiger partial charge in [-0.15, -0.1) is 0 Å². The van der Waals surface area contributed by atoms with E-state index in [1.54, 1.807) is 18.2 Å². The number of nitro benzene ring substituents is 1. The molecule has 0 atom stereocenters. The Morgan fingerprint density at radius 3 is 2.87 bits per heavy atom. The molecule has 0 aliphatic carbocycles. The largest absolute Gasteiger partial charge is 0.495 e. The summed E-state index contributed by atoms with van der Waals surface area (Å²) in [4.78, 5) is 26.6. The predicted octanol–water partition coefficient (Wildman–Crippen LogP) is 3.00. The van der Waals surface area contributed by atoms with Crippen LogP contribution in [0.2, 0.25) is 0 Å². The van der Waals surface area contributed by atoms with Crippen molar-refractivity contribution in [1.82, 2.24) is 4.98 Å². The molecule has 3 aromatic rings. The second-order valence-electron chi connectivity index (χ2n) is 4.63. The highest BCUT2D eigenvalue weighted by molar-refractivity contribution is 6.06. The fourth-order valence-electron chi connectivity index (χ4n) is 2.10. The molecule has 0 fully saturated rings. The Balaban J connectivity index is 1.92. The van der Waals surface area contributed by atoms with Gasteiger partial charge in [-0.05, 0) is 24.3 Å². The first-order valence-electron chi connectivity index (χ1n) is 6.55. The number of fused-ring (bicyclic) bond motifs is 1. The average Bonchev–Trinajstić information content (AvgIpc) is 3.02. The Hall–Kier alpha value is -3.42. The summed E-state index contributed by atoms with van der Waals surface area (Å²) in [5.41, 5.74) is 1.53. The van der Waals surface area contributed by atoms with Crippen LogP contribution in [-0.4, -0.2) is 22.9 Å². The molecule has 0 unspecified atom stereocenters. The van der Waals surface area contributed by atoms with Gasteiger partial charge in [-0.1, -0.05) is 0 Å². The third-order valence-electron chi connectivity index (χ3n) is 3.23. The van der Waals surface area contributed by atoms with Crippen LogP contribution in [0.3, 0.4) is 0 Å². The lowest BCUT2D eigenvalue weighted by atomic mass is 10.2. The Morgan fingerprint density at radius 1 is 1.30 bits per heavy atom. The number of aromatic nitrogens is 1. The lowest BCUT2D eigenvalue weighted by Crippen LogP contribution is -2.12. The predicted molar refractivity (Wildman–Crippen MR) is 81.6 cm³/mol. The molecule has 116 valence electrons. The van der Waals surface area contributed by atoms with Gasteiger partial charge in [-0.3, -0.25) is 14.9 Å². The molecule has 0 bridgehead atoms. The van der Waals surface area contributed by atoms with Crippen molar-refractivity contribution in [3.05, 3.63) is 58.5 Å². The molecule has 0 radical (unpaired) electrons. The van der Waals surface area contributed by atoms with Crippen molar-refractivity contribution in [2.24, 2.45) is 0 Å². The van der Waals surface area contributed by atoms with Gasteiger partial charge in [-0.25, -0.2) is 4.98 Å². The minimum Gasteiger partial charge on any atom is -0.495 e. The van der Waals surface area contributed by atoms with E-state index in [9.17, 15) is 14.9 Å². The number of methoxy groups -OCH3 is 1. The van der Waals surface area contributed by atoms with Crippen LogP contribution in [0.5, 0.6) is 5.75 Å². The molecule has 1 amide bonds. The normalized spacial score (nSPS) is 10.5. The Morgan fingerprint density at radius 2 is 2.13 bits per heavy atom. The number of ether oxygens (including phenoxy) is 1. The molecule has 2 aromatic carbocycles. The van der Waals surface area contributed by atoms with E-state index in [0.29, 0.717) is 22.4 Å². The van der Waals surface area contributed by atoms with Crippen LogP contribution in [0.4, 0.5) is 11.4 Å². The number of anilines is 1. The van der Waals surface area contributed by atoms with E-state index in [4.69, 9.17) is 9.15 Å². The molecule has 0 saturated heterocycles. The van der Waals surface area contributed by atoms with Gasteiger partial charge in [0, 0.05) is 17.7 Å². The summed E-state index contributed by atoms with van der Waals surface area (Å²) in [7, 11) is 1.41. The van der Waals surface area contributed by atoms with E-state index < -0.39 is 10.8 Å². The molecular weight excluding hydrogens is 302 g/mol. The standard InChI is InChI=1S/C15H11N3O5/c1-22-13-5-3-10(18(20)21)7-12(13)17-15(19)9-2-4-14-11(6-9)16-8-23-14/h2-8H,1H3,(H,17,19). The fourth-order valence-corrected chi connectivity index (χ4v) is 2.10. The van der Waals surface area contributed by atoms with Crippen LogP contribution in [0.25, 0.3) is 11.1 Å². The molecule has 8 heteroatoms. The first-order chi connectivity index (χ1) is 11.1.